The first kappa shape index (κ1) is 12.8. The summed E-state index contributed by atoms with van der Waals surface area (Å²) in [6.45, 7) is 2.06. The van der Waals surface area contributed by atoms with Gasteiger partial charge in [0.25, 0.3) is 0 Å². The lowest BCUT2D eigenvalue weighted by Crippen LogP contribution is -2.26. The van der Waals surface area contributed by atoms with Crippen molar-refractivity contribution in [2.45, 2.75) is 19.8 Å². The maximum absolute atomic E-state index is 12.0. The molecular weight excluding hydrogens is 244 g/mol. The van der Waals surface area contributed by atoms with Crippen LogP contribution in [0, 0.1) is 6.92 Å². The number of rotatable bonds is 4. The van der Waals surface area contributed by atoms with Crippen LogP contribution < -0.4 is 4.90 Å². The van der Waals surface area contributed by atoms with E-state index in [-0.39, 0.29) is 5.91 Å². The van der Waals surface area contributed by atoms with Gasteiger partial charge in [-0.25, -0.2) is 4.98 Å². The number of benzene rings is 1. The predicted octanol–water partition coefficient (Wildman–Crippen LogP) is 3.05. The Bertz CT molecular complexity index is 522. The van der Waals surface area contributed by atoms with Crippen LogP contribution in [0.25, 0.3) is 0 Å². The van der Waals surface area contributed by atoms with Crippen LogP contribution in [0.3, 0.4) is 0 Å². The molecule has 1 aromatic heterocycles. The molecule has 0 atom stereocenters. The Balaban J connectivity index is 1.92. The van der Waals surface area contributed by atoms with E-state index < -0.39 is 0 Å². The molecule has 0 radical (unpaired) electrons. The standard InChI is InChI=1S/C14H16N2OS/c1-11-4-3-5-12(10-11)6-7-13(17)16(2)14-15-8-9-18-14/h3-5,8-10H,6-7H2,1-2H3. The summed E-state index contributed by atoms with van der Waals surface area (Å²) in [7, 11) is 1.78. The van der Waals surface area contributed by atoms with E-state index in [0.717, 1.165) is 11.6 Å². The summed E-state index contributed by atoms with van der Waals surface area (Å²) in [5.41, 5.74) is 2.43. The van der Waals surface area contributed by atoms with Crippen molar-refractivity contribution in [2.24, 2.45) is 0 Å². The molecule has 1 amide bonds. The minimum atomic E-state index is 0.103. The van der Waals surface area contributed by atoms with Crippen LogP contribution >= 0.6 is 11.3 Å². The minimum Gasteiger partial charge on any atom is -0.291 e. The van der Waals surface area contributed by atoms with Gasteiger partial charge in [0.05, 0.1) is 0 Å². The highest BCUT2D eigenvalue weighted by Crippen LogP contribution is 2.17. The molecule has 18 heavy (non-hydrogen) atoms. The lowest BCUT2D eigenvalue weighted by Gasteiger charge is -2.13. The Labute approximate surface area is 111 Å². The fraction of sp³-hybridized carbons (Fsp3) is 0.286. The van der Waals surface area contributed by atoms with Gasteiger partial charge in [-0.1, -0.05) is 29.8 Å². The van der Waals surface area contributed by atoms with Crippen molar-refractivity contribution < 1.29 is 4.79 Å². The van der Waals surface area contributed by atoms with Crippen molar-refractivity contribution in [3.63, 3.8) is 0 Å². The Kier molecular flexibility index (Phi) is 4.10. The van der Waals surface area contributed by atoms with Crippen molar-refractivity contribution in [3.05, 3.63) is 47.0 Å². The first-order chi connectivity index (χ1) is 8.66. The molecule has 3 nitrogen and oxygen atoms in total. The summed E-state index contributed by atoms with van der Waals surface area (Å²) in [5.74, 6) is 0.103. The largest absolute Gasteiger partial charge is 0.291 e. The van der Waals surface area contributed by atoms with Crippen LogP contribution in [0.2, 0.25) is 0 Å². The molecular formula is C14H16N2OS. The monoisotopic (exact) mass is 260 g/mol. The molecule has 0 saturated heterocycles. The Morgan fingerprint density at radius 2 is 2.28 bits per heavy atom. The van der Waals surface area contributed by atoms with Crippen LogP contribution in [-0.4, -0.2) is 17.9 Å². The molecule has 0 aliphatic rings. The van der Waals surface area contributed by atoms with Gasteiger partial charge in [-0.05, 0) is 18.9 Å². The Hall–Kier alpha value is -1.68. The Morgan fingerprint density at radius 1 is 1.44 bits per heavy atom. The number of anilines is 1. The molecule has 0 aliphatic heterocycles. The summed E-state index contributed by atoms with van der Waals surface area (Å²) in [4.78, 5) is 17.7. The average Bonchev–Trinajstić information content (AvgIpc) is 2.89. The SMILES string of the molecule is Cc1cccc(CCC(=O)N(C)c2nccs2)c1. The van der Waals surface area contributed by atoms with Gasteiger partial charge in [0, 0.05) is 25.0 Å². The highest BCUT2D eigenvalue weighted by molar-refractivity contribution is 7.13. The average molecular weight is 260 g/mol. The topological polar surface area (TPSA) is 33.2 Å². The molecule has 1 heterocycles. The molecule has 94 valence electrons. The molecule has 0 N–H and O–H groups in total. The zero-order chi connectivity index (χ0) is 13.0. The van der Waals surface area contributed by atoms with E-state index in [2.05, 4.69) is 30.1 Å². The fourth-order valence-corrected chi connectivity index (χ4v) is 2.40. The van der Waals surface area contributed by atoms with Crippen molar-refractivity contribution >= 4 is 22.4 Å². The molecule has 0 fully saturated rings. The second kappa shape index (κ2) is 5.78. The zero-order valence-electron chi connectivity index (χ0n) is 10.6. The molecule has 0 unspecified atom stereocenters. The number of amides is 1. The second-order valence-electron chi connectivity index (χ2n) is 4.26. The van der Waals surface area contributed by atoms with Crippen molar-refractivity contribution in [1.29, 1.82) is 0 Å². The number of aromatic nitrogens is 1. The summed E-state index contributed by atoms with van der Waals surface area (Å²) in [5, 5.41) is 2.63. The molecule has 0 bridgehead atoms. The van der Waals surface area contributed by atoms with E-state index in [1.165, 1.54) is 22.5 Å². The van der Waals surface area contributed by atoms with E-state index in [1.54, 1.807) is 18.1 Å². The number of nitrogens with zero attached hydrogens (tertiary/aromatic N) is 2. The molecule has 0 spiro atoms. The maximum atomic E-state index is 12.0. The summed E-state index contributed by atoms with van der Waals surface area (Å²) in [6, 6.07) is 8.27. The van der Waals surface area contributed by atoms with Crippen LogP contribution in [0.4, 0.5) is 5.13 Å². The van der Waals surface area contributed by atoms with Crippen LogP contribution in [0.5, 0.6) is 0 Å². The third kappa shape index (κ3) is 3.17. The molecule has 1 aromatic carbocycles. The van der Waals surface area contributed by atoms with Crippen molar-refractivity contribution in [3.8, 4) is 0 Å². The highest BCUT2D eigenvalue weighted by atomic mass is 32.1. The van der Waals surface area contributed by atoms with E-state index in [4.69, 9.17) is 0 Å². The highest BCUT2D eigenvalue weighted by Gasteiger charge is 2.12. The van der Waals surface area contributed by atoms with Crippen LogP contribution in [0.15, 0.2) is 35.8 Å². The van der Waals surface area contributed by atoms with Gasteiger partial charge in [0.15, 0.2) is 5.13 Å². The van der Waals surface area contributed by atoms with Gasteiger partial charge in [-0.2, -0.15) is 0 Å². The molecule has 2 aromatic rings. The molecule has 0 saturated carbocycles. The quantitative estimate of drug-likeness (QED) is 0.846. The van der Waals surface area contributed by atoms with Gasteiger partial charge < -0.3 is 0 Å². The van der Waals surface area contributed by atoms with Crippen molar-refractivity contribution in [1.82, 2.24) is 4.98 Å². The van der Waals surface area contributed by atoms with E-state index >= 15 is 0 Å². The lowest BCUT2D eigenvalue weighted by molar-refractivity contribution is -0.118. The number of hydrogen-bond donors (Lipinski definition) is 0. The maximum Gasteiger partial charge on any atom is 0.228 e. The third-order valence-corrected chi connectivity index (χ3v) is 3.64. The van der Waals surface area contributed by atoms with Gasteiger partial charge in [0.2, 0.25) is 5.91 Å². The van der Waals surface area contributed by atoms with Gasteiger partial charge in [-0.15, -0.1) is 11.3 Å². The first-order valence-corrected chi connectivity index (χ1v) is 6.76. The molecule has 2 rings (SSSR count). The van der Waals surface area contributed by atoms with E-state index in [9.17, 15) is 4.79 Å². The van der Waals surface area contributed by atoms with Crippen LogP contribution in [0.1, 0.15) is 17.5 Å². The summed E-state index contributed by atoms with van der Waals surface area (Å²) >= 11 is 1.48. The number of thiazole rings is 1. The molecule has 4 heteroatoms. The summed E-state index contributed by atoms with van der Waals surface area (Å²) in [6.07, 6.45) is 3.00. The predicted molar refractivity (Wildman–Crippen MR) is 75.0 cm³/mol. The Morgan fingerprint density at radius 3 is 2.94 bits per heavy atom. The van der Waals surface area contributed by atoms with Gasteiger partial charge in [-0.3, -0.25) is 9.69 Å². The molecule has 0 aliphatic carbocycles. The van der Waals surface area contributed by atoms with E-state index in [0.29, 0.717) is 6.42 Å². The van der Waals surface area contributed by atoms with Gasteiger partial charge in [0.1, 0.15) is 0 Å². The third-order valence-electron chi connectivity index (χ3n) is 2.79. The lowest BCUT2D eigenvalue weighted by atomic mass is 10.1. The summed E-state index contributed by atoms with van der Waals surface area (Å²) < 4.78 is 0. The first-order valence-electron chi connectivity index (χ1n) is 5.88. The number of hydrogen-bond acceptors (Lipinski definition) is 3. The van der Waals surface area contributed by atoms with Crippen LogP contribution in [-0.2, 0) is 11.2 Å². The normalized spacial score (nSPS) is 10.3. The van der Waals surface area contributed by atoms with Gasteiger partial charge >= 0.3 is 0 Å². The number of carbonyl (C=O) groups excluding carboxylic acids is 1. The zero-order valence-corrected chi connectivity index (χ0v) is 11.4. The minimum absolute atomic E-state index is 0.103. The number of carbonyl (C=O) groups is 1. The fourth-order valence-electron chi connectivity index (χ4n) is 1.77. The number of aryl methyl sites for hydroxylation is 2. The van der Waals surface area contributed by atoms with Crippen molar-refractivity contribution in [2.75, 3.05) is 11.9 Å². The smallest absolute Gasteiger partial charge is 0.228 e. The van der Waals surface area contributed by atoms with E-state index in [1.807, 2.05) is 11.4 Å². The second-order valence-corrected chi connectivity index (χ2v) is 5.13.